The number of hydrogen-bond acceptors (Lipinski definition) is 4. The molecule has 0 saturated heterocycles. The topological polar surface area (TPSA) is 38.3 Å². The van der Waals surface area contributed by atoms with E-state index in [4.69, 9.17) is 0 Å². The maximum atomic E-state index is 11.2. The van der Waals surface area contributed by atoms with Crippen molar-refractivity contribution < 1.29 is 9.53 Å². The second kappa shape index (κ2) is 6.41. The molecule has 0 bridgehead atoms. The third-order valence-corrected chi connectivity index (χ3v) is 5.00. The molecule has 1 aliphatic rings. The molecule has 1 unspecified atom stereocenters. The number of thiophene rings is 1. The summed E-state index contributed by atoms with van der Waals surface area (Å²) in [5.74, 6) is 0.470. The smallest absolute Gasteiger partial charge is 0.310 e. The Morgan fingerprint density at radius 3 is 2.90 bits per heavy atom. The van der Waals surface area contributed by atoms with Crippen LogP contribution in [0.2, 0.25) is 0 Å². The Morgan fingerprint density at radius 2 is 2.10 bits per heavy atom. The summed E-state index contributed by atoms with van der Waals surface area (Å²) in [7, 11) is 1.43. The molecule has 3 rings (SSSR count). The molecule has 1 heterocycles. The van der Waals surface area contributed by atoms with Crippen LogP contribution in [0, 0.1) is 0 Å². The number of hydrogen-bond donors (Lipinski definition) is 1. The number of fused-ring (bicyclic) bond motifs is 1. The Kier molecular flexibility index (Phi) is 4.36. The standard InChI is InChI=1S/C17H19NO2S/c1-20-17(19)9-14-6-7-15(21-14)11-18-10-13-8-12-4-2-3-5-16(12)13/h2-7,13,18H,8-11H2,1H3. The lowest BCUT2D eigenvalue weighted by Gasteiger charge is -2.30. The summed E-state index contributed by atoms with van der Waals surface area (Å²) < 4.78 is 4.68. The van der Waals surface area contributed by atoms with E-state index in [9.17, 15) is 4.79 Å². The first-order valence-electron chi connectivity index (χ1n) is 7.19. The van der Waals surface area contributed by atoms with Crippen LogP contribution in [0.25, 0.3) is 0 Å². The van der Waals surface area contributed by atoms with E-state index in [1.165, 1.54) is 29.5 Å². The van der Waals surface area contributed by atoms with Crippen LogP contribution in [-0.4, -0.2) is 19.6 Å². The van der Waals surface area contributed by atoms with Crippen molar-refractivity contribution in [2.45, 2.75) is 25.3 Å². The highest BCUT2D eigenvalue weighted by Gasteiger charge is 2.24. The molecule has 0 amide bonds. The molecule has 0 spiro atoms. The second-order valence-electron chi connectivity index (χ2n) is 5.35. The van der Waals surface area contributed by atoms with Crippen molar-refractivity contribution in [3.8, 4) is 0 Å². The molecule has 1 N–H and O–H groups in total. The average molecular weight is 301 g/mol. The SMILES string of the molecule is COC(=O)Cc1ccc(CNCC2Cc3ccccc32)s1. The monoisotopic (exact) mass is 301 g/mol. The van der Waals surface area contributed by atoms with Gasteiger partial charge in [0.05, 0.1) is 13.5 Å². The first-order valence-corrected chi connectivity index (χ1v) is 8.01. The molecule has 2 aromatic rings. The molecule has 0 fully saturated rings. The highest BCUT2D eigenvalue weighted by Crippen LogP contribution is 2.34. The largest absolute Gasteiger partial charge is 0.469 e. The first-order chi connectivity index (χ1) is 10.3. The minimum Gasteiger partial charge on any atom is -0.469 e. The van der Waals surface area contributed by atoms with Crippen molar-refractivity contribution in [1.29, 1.82) is 0 Å². The number of carbonyl (C=O) groups is 1. The van der Waals surface area contributed by atoms with Crippen LogP contribution >= 0.6 is 11.3 Å². The predicted octanol–water partition coefficient (Wildman–Crippen LogP) is 2.89. The Hall–Kier alpha value is -1.65. The van der Waals surface area contributed by atoms with Crippen molar-refractivity contribution in [2.75, 3.05) is 13.7 Å². The van der Waals surface area contributed by atoms with E-state index >= 15 is 0 Å². The van der Waals surface area contributed by atoms with Crippen LogP contribution < -0.4 is 5.32 Å². The number of carbonyl (C=O) groups excluding carboxylic acids is 1. The predicted molar refractivity (Wildman–Crippen MR) is 84.6 cm³/mol. The van der Waals surface area contributed by atoms with Crippen LogP contribution in [0.4, 0.5) is 0 Å². The number of benzene rings is 1. The minimum absolute atomic E-state index is 0.178. The summed E-state index contributed by atoms with van der Waals surface area (Å²) in [6.07, 6.45) is 1.55. The average Bonchev–Trinajstić information content (AvgIpc) is 2.91. The Morgan fingerprint density at radius 1 is 1.29 bits per heavy atom. The van der Waals surface area contributed by atoms with Gasteiger partial charge in [0.1, 0.15) is 0 Å². The number of nitrogens with one attached hydrogen (secondary N) is 1. The maximum Gasteiger partial charge on any atom is 0.310 e. The van der Waals surface area contributed by atoms with Gasteiger partial charge in [-0.2, -0.15) is 0 Å². The fraction of sp³-hybridized carbons (Fsp3) is 0.353. The molecule has 1 aromatic carbocycles. The molecular weight excluding hydrogens is 282 g/mol. The highest BCUT2D eigenvalue weighted by atomic mass is 32.1. The van der Waals surface area contributed by atoms with Gasteiger partial charge in [-0.25, -0.2) is 0 Å². The van der Waals surface area contributed by atoms with Gasteiger partial charge < -0.3 is 10.1 Å². The molecule has 1 atom stereocenters. The van der Waals surface area contributed by atoms with Gasteiger partial charge in [-0.3, -0.25) is 4.79 Å². The molecule has 0 radical (unpaired) electrons. The number of rotatable bonds is 6. The van der Waals surface area contributed by atoms with Crippen LogP contribution in [0.3, 0.4) is 0 Å². The van der Waals surface area contributed by atoms with Gasteiger partial charge in [0.15, 0.2) is 0 Å². The highest BCUT2D eigenvalue weighted by molar-refractivity contribution is 7.12. The van der Waals surface area contributed by atoms with Gasteiger partial charge in [0.2, 0.25) is 0 Å². The van der Waals surface area contributed by atoms with Crippen molar-refractivity contribution in [1.82, 2.24) is 5.32 Å². The van der Waals surface area contributed by atoms with E-state index < -0.39 is 0 Å². The van der Waals surface area contributed by atoms with E-state index in [0.29, 0.717) is 12.3 Å². The molecule has 21 heavy (non-hydrogen) atoms. The summed E-state index contributed by atoms with van der Waals surface area (Å²) in [5, 5.41) is 3.52. The van der Waals surface area contributed by atoms with Gasteiger partial charge in [-0.05, 0) is 29.7 Å². The van der Waals surface area contributed by atoms with Crippen LogP contribution in [0.15, 0.2) is 36.4 Å². The lowest BCUT2D eigenvalue weighted by molar-refractivity contribution is -0.139. The van der Waals surface area contributed by atoms with Crippen LogP contribution in [0.5, 0.6) is 0 Å². The molecule has 1 aromatic heterocycles. The molecule has 110 valence electrons. The molecule has 0 aliphatic heterocycles. The van der Waals surface area contributed by atoms with E-state index in [1.807, 2.05) is 6.07 Å². The maximum absolute atomic E-state index is 11.2. The van der Waals surface area contributed by atoms with E-state index in [2.05, 4.69) is 40.4 Å². The second-order valence-corrected chi connectivity index (χ2v) is 6.60. The van der Waals surface area contributed by atoms with Gasteiger partial charge >= 0.3 is 5.97 Å². The van der Waals surface area contributed by atoms with E-state index in [1.54, 1.807) is 11.3 Å². The molecule has 1 aliphatic carbocycles. The Balaban J connectivity index is 1.45. The minimum atomic E-state index is -0.178. The summed E-state index contributed by atoms with van der Waals surface area (Å²) in [6.45, 7) is 1.88. The van der Waals surface area contributed by atoms with Crippen molar-refractivity contribution >= 4 is 17.3 Å². The Bertz CT molecular complexity index is 635. The normalized spacial score (nSPS) is 16.1. The zero-order valence-electron chi connectivity index (χ0n) is 12.1. The number of ether oxygens (including phenoxy) is 1. The first kappa shape index (κ1) is 14.3. The fourth-order valence-corrected chi connectivity index (χ4v) is 3.71. The van der Waals surface area contributed by atoms with E-state index in [-0.39, 0.29) is 5.97 Å². The zero-order chi connectivity index (χ0) is 14.7. The van der Waals surface area contributed by atoms with Crippen molar-refractivity contribution in [3.63, 3.8) is 0 Å². The quantitative estimate of drug-likeness (QED) is 0.834. The van der Waals surface area contributed by atoms with Crippen molar-refractivity contribution in [3.05, 3.63) is 57.3 Å². The lowest BCUT2D eigenvalue weighted by atomic mass is 9.77. The summed E-state index contributed by atoms with van der Waals surface area (Å²) in [4.78, 5) is 13.6. The van der Waals surface area contributed by atoms with Gasteiger partial charge in [0, 0.05) is 28.8 Å². The Labute approximate surface area is 129 Å². The summed E-state index contributed by atoms with van der Waals surface area (Å²) in [5.41, 5.74) is 2.98. The zero-order valence-corrected chi connectivity index (χ0v) is 12.9. The van der Waals surface area contributed by atoms with Gasteiger partial charge in [-0.15, -0.1) is 11.3 Å². The van der Waals surface area contributed by atoms with Crippen LogP contribution in [-0.2, 0) is 28.9 Å². The molecule has 3 nitrogen and oxygen atoms in total. The third kappa shape index (κ3) is 3.34. The summed E-state index contributed by atoms with van der Waals surface area (Å²) >= 11 is 1.68. The molecular formula is C17H19NO2S. The van der Waals surface area contributed by atoms with Gasteiger partial charge in [0.25, 0.3) is 0 Å². The number of methoxy groups -OCH3 is 1. The van der Waals surface area contributed by atoms with Crippen molar-refractivity contribution in [2.24, 2.45) is 0 Å². The molecule has 4 heteroatoms. The number of esters is 1. The lowest BCUT2D eigenvalue weighted by Crippen LogP contribution is -2.28. The fourth-order valence-electron chi connectivity index (χ4n) is 2.74. The summed E-state index contributed by atoms with van der Waals surface area (Å²) in [6, 6.07) is 12.8. The van der Waals surface area contributed by atoms with Crippen LogP contribution in [0.1, 0.15) is 26.8 Å². The third-order valence-electron chi connectivity index (χ3n) is 3.91. The van der Waals surface area contributed by atoms with E-state index in [0.717, 1.165) is 18.0 Å². The molecule has 0 saturated carbocycles. The van der Waals surface area contributed by atoms with Gasteiger partial charge in [-0.1, -0.05) is 24.3 Å².